The van der Waals surface area contributed by atoms with Crippen LogP contribution in [0.5, 0.6) is 17.4 Å². The first-order chi connectivity index (χ1) is 20.0. The second-order valence-electron chi connectivity index (χ2n) is 11.0. The summed E-state index contributed by atoms with van der Waals surface area (Å²) in [6.45, 7) is 9.28. The molecule has 1 N–H and O–H groups in total. The van der Waals surface area contributed by atoms with Gasteiger partial charge in [-0.2, -0.15) is 0 Å². The van der Waals surface area contributed by atoms with Crippen LogP contribution in [0.15, 0.2) is 72.9 Å². The van der Waals surface area contributed by atoms with Gasteiger partial charge in [-0.1, -0.05) is 49.4 Å². The summed E-state index contributed by atoms with van der Waals surface area (Å²) in [5.74, 6) is 1.71. The normalized spacial score (nSPS) is 15.0. The molecule has 0 saturated carbocycles. The van der Waals surface area contributed by atoms with Crippen LogP contribution in [0.4, 0.5) is 5.69 Å². The number of nitrogens with zero attached hydrogens (tertiary/aromatic N) is 4. The minimum atomic E-state index is -0.0582. The lowest BCUT2D eigenvalue weighted by Gasteiger charge is -2.35. The molecule has 0 bridgehead atoms. The Balaban J connectivity index is 1.44. The summed E-state index contributed by atoms with van der Waals surface area (Å²) in [6.07, 6.45) is 4.00. The summed E-state index contributed by atoms with van der Waals surface area (Å²) in [7, 11) is 5.50. The van der Waals surface area contributed by atoms with Crippen molar-refractivity contribution in [2.45, 2.75) is 32.4 Å². The van der Waals surface area contributed by atoms with E-state index in [0.29, 0.717) is 17.4 Å². The molecule has 1 aliphatic heterocycles. The van der Waals surface area contributed by atoms with Crippen molar-refractivity contribution < 1.29 is 14.6 Å². The van der Waals surface area contributed by atoms with Crippen LogP contribution >= 0.6 is 0 Å². The largest absolute Gasteiger partial charge is 0.494 e. The second-order valence-corrected chi connectivity index (χ2v) is 11.0. The second kappa shape index (κ2) is 13.3. The third-order valence-electron chi connectivity index (χ3n) is 8.44. The quantitative estimate of drug-likeness (QED) is 0.231. The molecule has 1 aromatic heterocycles. The number of likely N-dealkylation sites (N-methyl/N-ethyl adjacent to an activating group) is 1. The Morgan fingerprint density at radius 1 is 0.878 bits per heavy atom. The van der Waals surface area contributed by atoms with Gasteiger partial charge in [0.25, 0.3) is 0 Å². The fourth-order valence-corrected chi connectivity index (χ4v) is 6.10. The standard InChI is InChI=1S/C34H44N4O3/c1-5-36-19-21-37(22-20-36)31-14-9-13-28-29(31)25-38(34(28)39)30(27-16-17-32(40-3)33(23-27)41-4)15-10-18-35(2)24-26-11-7-6-8-12-26/h6-9,11-14,16-17,23,25,30,39H,5,10,15,18-22,24H2,1-4H3/t30-/m1/s1. The van der Waals surface area contributed by atoms with Crippen molar-refractivity contribution >= 4 is 16.5 Å². The summed E-state index contributed by atoms with van der Waals surface area (Å²) in [5.41, 5.74) is 3.59. The number of aromatic nitrogens is 1. The monoisotopic (exact) mass is 556 g/mol. The van der Waals surface area contributed by atoms with E-state index in [4.69, 9.17) is 9.47 Å². The highest BCUT2D eigenvalue weighted by molar-refractivity contribution is 5.98. The predicted molar refractivity (Wildman–Crippen MR) is 168 cm³/mol. The number of hydrogen-bond donors (Lipinski definition) is 1. The van der Waals surface area contributed by atoms with Crippen molar-refractivity contribution in [2.24, 2.45) is 0 Å². The fraction of sp³-hybridized carbons (Fsp3) is 0.412. The number of rotatable bonds is 12. The van der Waals surface area contributed by atoms with E-state index in [0.717, 1.165) is 75.0 Å². The Morgan fingerprint density at radius 3 is 2.34 bits per heavy atom. The van der Waals surface area contributed by atoms with Crippen LogP contribution in [0.2, 0.25) is 0 Å². The van der Waals surface area contributed by atoms with Crippen LogP contribution < -0.4 is 14.4 Å². The van der Waals surface area contributed by atoms with Gasteiger partial charge < -0.3 is 33.8 Å². The zero-order valence-electron chi connectivity index (χ0n) is 24.9. The maximum atomic E-state index is 11.6. The average Bonchev–Trinajstić information content (AvgIpc) is 3.35. The maximum Gasteiger partial charge on any atom is 0.199 e. The molecule has 1 atom stereocenters. The van der Waals surface area contributed by atoms with Crippen LogP contribution in [-0.2, 0) is 6.54 Å². The van der Waals surface area contributed by atoms with Crippen molar-refractivity contribution in [1.82, 2.24) is 14.4 Å². The molecule has 41 heavy (non-hydrogen) atoms. The van der Waals surface area contributed by atoms with Crippen molar-refractivity contribution in [2.75, 3.05) is 65.4 Å². The molecular formula is C34H44N4O3. The molecule has 1 aliphatic rings. The number of ether oxygens (including phenoxy) is 2. The van der Waals surface area contributed by atoms with Gasteiger partial charge in [0.2, 0.25) is 0 Å². The van der Waals surface area contributed by atoms with E-state index in [1.54, 1.807) is 14.2 Å². The van der Waals surface area contributed by atoms with Crippen LogP contribution in [0, 0.1) is 0 Å². The number of piperazine rings is 1. The molecular weight excluding hydrogens is 512 g/mol. The average molecular weight is 557 g/mol. The van der Waals surface area contributed by atoms with E-state index < -0.39 is 0 Å². The van der Waals surface area contributed by atoms with Crippen molar-refractivity contribution in [3.05, 3.63) is 84.1 Å². The summed E-state index contributed by atoms with van der Waals surface area (Å²) < 4.78 is 13.2. The molecule has 1 saturated heterocycles. The van der Waals surface area contributed by atoms with E-state index in [1.165, 1.54) is 11.3 Å². The molecule has 4 aromatic rings. The number of anilines is 1. The molecule has 7 nitrogen and oxygen atoms in total. The zero-order valence-corrected chi connectivity index (χ0v) is 24.9. The molecule has 0 unspecified atom stereocenters. The van der Waals surface area contributed by atoms with Gasteiger partial charge in [-0.3, -0.25) is 0 Å². The molecule has 3 aromatic carbocycles. The Morgan fingerprint density at radius 2 is 1.63 bits per heavy atom. The highest BCUT2D eigenvalue weighted by Crippen LogP contribution is 2.40. The van der Waals surface area contributed by atoms with Crippen molar-refractivity contribution in [3.8, 4) is 17.4 Å². The fourth-order valence-electron chi connectivity index (χ4n) is 6.10. The minimum Gasteiger partial charge on any atom is -0.494 e. The smallest absolute Gasteiger partial charge is 0.199 e. The third kappa shape index (κ3) is 6.47. The number of methoxy groups -OCH3 is 2. The predicted octanol–water partition coefficient (Wildman–Crippen LogP) is 6.01. The van der Waals surface area contributed by atoms with Gasteiger partial charge in [0.1, 0.15) is 0 Å². The molecule has 2 heterocycles. The van der Waals surface area contributed by atoms with Gasteiger partial charge in [-0.15, -0.1) is 0 Å². The minimum absolute atomic E-state index is 0.0582. The number of fused-ring (bicyclic) bond motifs is 1. The maximum absolute atomic E-state index is 11.6. The Kier molecular flexibility index (Phi) is 9.37. The van der Waals surface area contributed by atoms with E-state index in [9.17, 15) is 5.11 Å². The first-order valence-electron chi connectivity index (χ1n) is 14.8. The summed E-state index contributed by atoms with van der Waals surface area (Å²) in [4.78, 5) is 7.31. The summed E-state index contributed by atoms with van der Waals surface area (Å²) in [6, 6.07) is 22.9. The summed E-state index contributed by atoms with van der Waals surface area (Å²) in [5, 5.41) is 13.6. The molecule has 0 radical (unpaired) electrons. The molecule has 218 valence electrons. The molecule has 5 rings (SSSR count). The Hall–Kier alpha value is -3.68. The lowest BCUT2D eigenvalue weighted by Crippen LogP contribution is -2.46. The van der Waals surface area contributed by atoms with Gasteiger partial charge >= 0.3 is 0 Å². The lowest BCUT2D eigenvalue weighted by molar-refractivity contribution is 0.271. The first-order valence-corrected chi connectivity index (χ1v) is 14.8. The van der Waals surface area contributed by atoms with Gasteiger partial charge in [-0.05, 0) is 68.4 Å². The number of benzene rings is 3. The molecule has 1 fully saturated rings. The van der Waals surface area contributed by atoms with Crippen LogP contribution in [0.3, 0.4) is 0 Å². The molecule has 0 spiro atoms. The van der Waals surface area contributed by atoms with E-state index in [-0.39, 0.29) is 6.04 Å². The first kappa shape index (κ1) is 28.8. The van der Waals surface area contributed by atoms with E-state index >= 15 is 0 Å². The Labute approximate surface area is 244 Å². The van der Waals surface area contributed by atoms with Crippen LogP contribution in [-0.4, -0.2) is 80.0 Å². The van der Waals surface area contributed by atoms with Crippen molar-refractivity contribution in [3.63, 3.8) is 0 Å². The molecule has 7 heteroatoms. The van der Waals surface area contributed by atoms with Crippen LogP contribution in [0.1, 0.15) is 36.9 Å². The lowest BCUT2D eigenvalue weighted by atomic mass is 10.0. The summed E-state index contributed by atoms with van der Waals surface area (Å²) >= 11 is 0. The number of aromatic hydroxyl groups is 1. The zero-order chi connectivity index (χ0) is 28.8. The number of hydrogen-bond acceptors (Lipinski definition) is 6. The van der Waals surface area contributed by atoms with Crippen molar-refractivity contribution in [1.29, 1.82) is 0 Å². The highest BCUT2D eigenvalue weighted by atomic mass is 16.5. The van der Waals surface area contributed by atoms with Gasteiger partial charge in [0.05, 0.1) is 20.3 Å². The Bertz CT molecular complexity index is 1410. The van der Waals surface area contributed by atoms with Crippen LogP contribution in [0.25, 0.3) is 10.8 Å². The molecule has 0 amide bonds. The SMILES string of the molecule is CCN1CCN(c2cccc3c(O)n([C@H](CCCN(C)Cc4ccccc4)c4ccc(OC)c(OC)c4)cc23)CC1. The third-order valence-corrected chi connectivity index (χ3v) is 8.44. The van der Waals surface area contributed by atoms with Gasteiger partial charge in [0, 0.05) is 55.4 Å². The topological polar surface area (TPSA) is 53.3 Å². The van der Waals surface area contributed by atoms with Gasteiger partial charge in [0.15, 0.2) is 17.4 Å². The van der Waals surface area contributed by atoms with E-state index in [1.807, 2.05) is 18.2 Å². The van der Waals surface area contributed by atoms with Gasteiger partial charge in [-0.25, -0.2) is 0 Å². The highest BCUT2D eigenvalue weighted by Gasteiger charge is 2.24. The van der Waals surface area contributed by atoms with E-state index in [2.05, 4.69) is 88.0 Å². The molecule has 0 aliphatic carbocycles.